The Balaban J connectivity index is 1.75. The Labute approximate surface area is 187 Å². The van der Waals surface area contributed by atoms with Crippen LogP contribution < -0.4 is 0 Å². The zero-order valence-corrected chi connectivity index (χ0v) is 18.6. The van der Waals surface area contributed by atoms with E-state index in [1.807, 2.05) is 6.07 Å². The minimum absolute atomic E-state index is 0.121. The zero-order valence-electron chi connectivity index (χ0n) is 17.9. The lowest BCUT2D eigenvalue weighted by molar-refractivity contribution is 0.365. The number of aryl methyl sites for hydroxylation is 1. The van der Waals surface area contributed by atoms with Crippen LogP contribution in [0.4, 0.5) is 13.2 Å². The van der Waals surface area contributed by atoms with E-state index in [-0.39, 0.29) is 11.7 Å². The Morgan fingerprint density at radius 2 is 1.61 bits per heavy atom. The maximum absolute atomic E-state index is 14.4. The van der Waals surface area contributed by atoms with Crippen LogP contribution in [-0.2, 0) is 6.42 Å². The third kappa shape index (κ3) is 4.62. The number of hydrogen-bond acceptors (Lipinski definition) is 0. The second-order valence-corrected chi connectivity index (χ2v) is 9.15. The number of benzene rings is 3. The SMILES string of the molecule is CCCCCCC[C@@H]1CCc2c(ccc3ccc(F)cc23)[C@H]1c1cc(F)c(Cl)c(F)c1. The van der Waals surface area contributed by atoms with E-state index in [2.05, 4.69) is 13.0 Å². The van der Waals surface area contributed by atoms with Crippen LogP contribution in [0.5, 0.6) is 0 Å². The van der Waals surface area contributed by atoms with Crippen molar-refractivity contribution in [3.05, 3.63) is 81.6 Å². The van der Waals surface area contributed by atoms with Gasteiger partial charge in [0.25, 0.3) is 0 Å². The van der Waals surface area contributed by atoms with Gasteiger partial charge in [0, 0.05) is 5.92 Å². The molecule has 0 bridgehead atoms. The van der Waals surface area contributed by atoms with E-state index in [9.17, 15) is 13.2 Å². The van der Waals surface area contributed by atoms with E-state index in [4.69, 9.17) is 11.6 Å². The maximum Gasteiger partial charge on any atom is 0.145 e. The molecule has 0 unspecified atom stereocenters. The predicted octanol–water partition coefficient (Wildman–Crippen LogP) is 8.97. The number of rotatable bonds is 7. The van der Waals surface area contributed by atoms with Crippen LogP contribution in [0.15, 0.2) is 42.5 Å². The fourth-order valence-electron chi connectivity index (χ4n) is 5.22. The lowest BCUT2D eigenvalue weighted by atomic mass is 9.69. The molecule has 4 heteroatoms. The first kappa shape index (κ1) is 22.2. The summed E-state index contributed by atoms with van der Waals surface area (Å²) in [6.45, 7) is 2.20. The van der Waals surface area contributed by atoms with Crippen molar-refractivity contribution in [2.45, 2.75) is 64.2 Å². The Hall–Kier alpha value is -2.00. The summed E-state index contributed by atoms with van der Waals surface area (Å²) < 4.78 is 42.8. The average Bonchev–Trinajstić information content (AvgIpc) is 2.76. The van der Waals surface area contributed by atoms with Crippen LogP contribution in [0, 0.1) is 23.4 Å². The molecule has 0 fully saturated rings. The fraction of sp³-hybridized carbons (Fsp3) is 0.407. The lowest BCUT2D eigenvalue weighted by Crippen LogP contribution is -2.22. The predicted molar refractivity (Wildman–Crippen MR) is 122 cm³/mol. The van der Waals surface area contributed by atoms with Crippen molar-refractivity contribution in [2.24, 2.45) is 5.92 Å². The molecule has 0 aliphatic heterocycles. The van der Waals surface area contributed by atoms with Crippen molar-refractivity contribution >= 4 is 22.4 Å². The van der Waals surface area contributed by atoms with Crippen molar-refractivity contribution in [1.82, 2.24) is 0 Å². The van der Waals surface area contributed by atoms with Gasteiger partial charge in [-0.25, -0.2) is 13.2 Å². The molecule has 0 N–H and O–H groups in total. The summed E-state index contributed by atoms with van der Waals surface area (Å²) >= 11 is 5.76. The van der Waals surface area contributed by atoms with Gasteiger partial charge in [0.2, 0.25) is 0 Å². The quantitative estimate of drug-likeness (QED) is 0.252. The van der Waals surface area contributed by atoms with Crippen molar-refractivity contribution in [3.8, 4) is 0 Å². The summed E-state index contributed by atoms with van der Waals surface area (Å²) in [5, 5.41) is 1.43. The number of hydrogen-bond donors (Lipinski definition) is 0. The van der Waals surface area contributed by atoms with E-state index >= 15 is 0 Å². The van der Waals surface area contributed by atoms with Crippen molar-refractivity contribution in [2.75, 3.05) is 0 Å². The monoisotopic (exact) mass is 444 g/mol. The molecule has 4 rings (SSSR count). The van der Waals surface area contributed by atoms with Crippen LogP contribution in [0.2, 0.25) is 5.02 Å². The molecule has 164 valence electrons. The molecule has 0 radical (unpaired) electrons. The summed E-state index contributed by atoms with van der Waals surface area (Å²) in [6, 6.07) is 11.7. The van der Waals surface area contributed by atoms with Gasteiger partial charge in [0.1, 0.15) is 22.5 Å². The van der Waals surface area contributed by atoms with Crippen LogP contribution in [0.3, 0.4) is 0 Å². The van der Waals surface area contributed by atoms with Crippen LogP contribution in [0.1, 0.15) is 74.5 Å². The Bertz CT molecular complexity index is 1050. The van der Waals surface area contributed by atoms with Gasteiger partial charge < -0.3 is 0 Å². The zero-order chi connectivity index (χ0) is 22.0. The highest BCUT2D eigenvalue weighted by atomic mass is 35.5. The Morgan fingerprint density at radius 1 is 0.903 bits per heavy atom. The van der Waals surface area contributed by atoms with Gasteiger partial charge in [-0.3, -0.25) is 0 Å². The highest BCUT2D eigenvalue weighted by Crippen LogP contribution is 2.46. The summed E-state index contributed by atoms with van der Waals surface area (Å²) in [6.07, 6.45) is 8.74. The van der Waals surface area contributed by atoms with Crippen LogP contribution in [0.25, 0.3) is 10.8 Å². The molecule has 3 aromatic rings. The smallest absolute Gasteiger partial charge is 0.145 e. The number of fused-ring (bicyclic) bond motifs is 3. The Kier molecular flexibility index (Phi) is 6.91. The first-order chi connectivity index (χ1) is 15.0. The number of unbranched alkanes of at least 4 members (excludes halogenated alkanes) is 4. The summed E-state index contributed by atoms with van der Waals surface area (Å²) in [7, 11) is 0. The second kappa shape index (κ2) is 9.65. The molecule has 0 spiro atoms. The van der Waals surface area contributed by atoms with Crippen molar-refractivity contribution in [1.29, 1.82) is 0 Å². The molecule has 0 saturated heterocycles. The second-order valence-electron chi connectivity index (χ2n) is 8.78. The van der Waals surface area contributed by atoms with Gasteiger partial charge in [-0.15, -0.1) is 0 Å². The highest BCUT2D eigenvalue weighted by Gasteiger charge is 2.32. The molecule has 0 aromatic heterocycles. The molecule has 0 nitrogen and oxygen atoms in total. The van der Waals surface area contributed by atoms with Crippen molar-refractivity contribution in [3.63, 3.8) is 0 Å². The van der Waals surface area contributed by atoms with Gasteiger partial charge in [0.15, 0.2) is 0 Å². The molecule has 0 saturated carbocycles. The van der Waals surface area contributed by atoms with Gasteiger partial charge in [-0.2, -0.15) is 0 Å². The van der Waals surface area contributed by atoms with Gasteiger partial charge >= 0.3 is 0 Å². The van der Waals surface area contributed by atoms with Crippen LogP contribution in [-0.4, -0.2) is 0 Å². The Morgan fingerprint density at radius 3 is 2.35 bits per heavy atom. The van der Waals surface area contributed by atoms with E-state index < -0.39 is 16.7 Å². The first-order valence-electron chi connectivity index (χ1n) is 11.3. The molecule has 1 aliphatic carbocycles. The molecule has 0 amide bonds. The summed E-state index contributed by atoms with van der Waals surface area (Å²) in [4.78, 5) is 0. The van der Waals surface area contributed by atoms with Crippen LogP contribution >= 0.6 is 11.6 Å². The molecule has 2 atom stereocenters. The molecule has 3 aromatic carbocycles. The molecular weight excluding hydrogens is 417 g/mol. The first-order valence-corrected chi connectivity index (χ1v) is 11.7. The minimum Gasteiger partial charge on any atom is -0.207 e. The van der Waals surface area contributed by atoms with Gasteiger partial charge in [-0.05, 0) is 76.9 Å². The molecule has 31 heavy (non-hydrogen) atoms. The molecule has 1 aliphatic rings. The fourth-order valence-corrected chi connectivity index (χ4v) is 5.33. The highest BCUT2D eigenvalue weighted by molar-refractivity contribution is 6.30. The molecule has 0 heterocycles. The minimum atomic E-state index is -0.725. The maximum atomic E-state index is 14.4. The normalized spacial score (nSPS) is 18.4. The summed E-state index contributed by atoms with van der Waals surface area (Å²) in [5.41, 5.74) is 2.78. The van der Waals surface area contributed by atoms with Gasteiger partial charge in [-0.1, -0.05) is 68.8 Å². The van der Waals surface area contributed by atoms with Gasteiger partial charge in [0.05, 0.1) is 0 Å². The van der Waals surface area contributed by atoms with E-state index in [0.29, 0.717) is 11.5 Å². The lowest BCUT2D eigenvalue weighted by Gasteiger charge is -2.35. The number of halogens is 4. The van der Waals surface area contributed by atoms with E-state index in [0.717, 1.165) is 47.6 Å². The van der Waals surface area contributed by atoms with Crippen molar-refractivity contribution < 1.29 is 13.2 Å². The molecular formula is C27H28ClF3. The largest absolute Gasteiger partial charge is 0.207 e. The van der Waals surface area contributed by atoms with E-state index in [1.165, 1.54) is 43.9 Å². The third-order valence-electron chi connectivity index (χ3n) is 6.75. The topological polar surface area (TPSA) is 0 Å². The third-order valence-corrected chi connectivity index (χ3v) is 7.11. The average molecular weight is 445 g/mol. The van der Waals surface area contributed by atoms with E-state index in [1.54, 1.807) is 12.1 Å². The standard InChI is InChI=1S/C27H28ClF3/c1-2-3-4-5-6-7-18-10-12-21-22(13-9-17-8-11-20(29)16-23(17)21)26(18)19-14-24(30)27(28)25(31)15-19/h8-9,11,13-16,18,26H,2-7,10,12H2,1H3/t18-,26-/m1/s1. The summed E-state index contributed by atoms with van der Waals surface area (Å²) in [5.74, 6) is -1.54.